The summed E-state index contributed by atoms with van der Waals surface area (Å²) in [7, 11) is 0. The van der Waals surface area contributed by atoms with Crippen molar-refractivity contribution in [3.05, 3.63) is 75.8 Å². The van der Waals surface area contributed by atoms with Crippen molar-refractivity contribution in [3.63, 3.8) is 0 Å². The Kier molecular flexibility index (Phi) is 4.48. The van der Waals surface area contributed by atoms with Gasteiger partial charge in [-0.05, 0) is 31.0 Å². The third-order valence-electron chi connectivity index (χ3n) is 3.52. The van der Waals surface area contributed by atoms with E-state index in [4.69, 9.17) is 0 Å². The summed E-state index contributed by atoms with van der Waals surface area (Å²) in [6, 6.07) is 15.9. The highest BCUT2D eigenvalue weighted by Crippen LogP contribution is 2.20. The lowest BCUT2D eigenvalue weighted by atomic mass is 10.1. The Labute approximate surface area is 139 Å². The molecule has 0 atom stereocenters. The molecule has 0 unspecified atom stereocenters. The van der Waals surface area contributed by atoms with Gasteiger partial charge < -0.3 is 0 Å². The maximum Gasteiger partial charge on any atom is 0.257 e. The molecule has 4 nitrogen and oxygen atoms in total. The molecule has 2 aromatic carbocycles. The lowest BCUT2D eigenvalue weighted by molar-refractivity contribution is 0.102. The van der Waals surface area contributed by atoms with Gasteiger partial charge in [-0.1, -0.05) is 59.4 Å². The highest BCUT2D eigenvalue weighted by atomic mass is 32.1. The molecule has 0 bridgehead atoms. The second-order valence-corrected chi connectivity index (χ2v) is 6.50. The molecule has 23 heavy (non-hydrogen) atoms. The van der Waals surface area contributed by atoms with Gasteiger partial charge in [-0.15, -0.1) is 10.2 Å². The highest BCUT2D eigenvalue weighted by molar-refractivity contribution is 7.15. The van der Waals surface area contributed by atoms with E-state index in [1.165, 1.54) is 16.9 Å². The molecule has 0 spiro atoms. The molecule has 5 heteroatoms. The number of nitrogens with one attached hydrogen (secondary N) is 1. The lowest BCUT2D eigenvalue weighted by Crippen LogP contribution is -2.13. The van der Waals surface area contributed by atoms with E-state index in [2.05, 4.69) is 27.6 Å². The average molecular weight is 323 g/mol. The molecule has 1 heterocycles. The minimum absolute atomic E-state index is 0.145. The van der Waals surface area contributed by atoms with Crippen LogP contribution in [0.1, 0.15) is 32.1 Å². The van der Waals surface area contributed by atoms with Crippen molar-refractivity contribution in [2.24, 2.45) is 0 Å². The van der Waals surface area contributed by atoms with E-state index in [1.54, 1.807) is 0 Å². The zero-order chi connectivity index (χ0) is 16.2. The van der Waals surface area contributed by atoms with E-state index in [-0.39, 0.29) is 5.91 Å². The fraction of sp³-hybridized carbons (Fsp3) is 0.167. The van der Waals surface area contributed by atoms with Gasteiger partial charge in [0, 0.05) is 12.0 Å². The van der Waals surface area contributed by atoms with Crippen LogP contribution in [0.15, 0.2) is 48.5 Å². The molecule has 0 radical (unpaired) electrons. The standard InChI is InChI=1S/C18H17N3OS/c1-12-8-9-13(2)15(10-12)17(22)19-18-21-20-16(23-18)11-14-6-4-3-5-7-14/h3-10H,11H2,1-2H3,(H,19,21,22). The minimum Gasteiger partial charge on any atom is -0.296 e. The number of aromatic nitrogens is 2. The molecule has 1 N–H and O–H groups in total. The molecule has 0 fully saturated rings. The van der Waals surface area contributed by atoms with Crippen LogP contribution < -0.4 is 5.32 Å². The van der Waals surface area contributed by atoms with Gasteiger partial charge in [-0.25, -0.2) is 0 Å². The second-order valence-electron chi connectivity index (χ2n) is 5.44. The molecule has 3 aromatic rings. The summed E-state index contributed by atoms with van der Waals surface area (Å²) in [4.78, 5) is 12.4. The van der Waals surface area contributed by atoms with Crippen LogP contribution in [0, 0.1) is 13.8 Å². The molecule has 3 rings (SSSR count). The largest absolute Gasteiger partial charge is 0.296 e. The van der Waals surface area contributed by atoms with E-state index >= 15 is 0 Å². The van der Waals surface area contributed by atoms with Crippen molar-refractivity contribution in [2.45, 2.75) is 20.3 Å². The Bertz CT molecular complexity index is 827. The summed E-state index contributed by atoms with van der Waals surface area (Å²) in [6.07, 6.45) is 0.720. The first-order valence-electron chi connectivity index (χ1n) is 7.37. The maximum atomic E-state index is 12.4. The quantitative estimate of drug-likeness (QED) is 0.789. The van der Waals surface area contributed by atoms with Crippen molar-refractivity contribution in [1.29, 1.82) is 0 Å². The summed E-state index contributed by atoms with van der Waals surface area (Å²) in [5.41, 5.74) is 3.85. The van der Waals surface area contributed by atoms with Gasteiger partial charge in [0.05, 0.1) is 0 Å². The number of amides is 1. The van der Waals surface area contributed by atoms with Crippen molar-refractivity contribution in [2.75, 3.05) is 5.32 Å². The number of carbonyl (C=O) groups is 1. The van der Waals surface area contributed by atoms with Gasteiger partial charge in [-0.2, -0.15) is 0 Å². The van der Waals surface area contributed by atoms with Crippen LogP contribution in [0.2, 0.25) is 0 Å². The van der Waals surface area contributed by atoms with Gasteiger partial charge in [0.2, 0.25) is 5.13 Å². The van der Waals surface area contributed by atoms with Crippen LogP contribution in [-0.2, 0) is 6.42 Å². The molecular weight excluding hydrogens is 306 g/mol. The summed E-state index contributed by atoms with van der Waals surface area (Å²) < 4.78 is 0. The third kappa shape index (κ3) is 3.81. The van der Waals surface area contributed by atoms with Crippen LogP contribution >= 0.6 is 11.3 Å². The molecule has 0 saturated heterocycles. The molecule has 1 aromatic heterocycles. The highest BCUT2D eigenvalue weighted by Gasteiger charge is 2.12. The molecular formula is C18H17N3OS. The Morgan fingerprint density at radius 3 is 2.65 bits per heavy atom. The normalized spacial score (nSPS) is 10.5. The molecule has 0 aliphatic heterocycles. The molecule has 116 valence electrons. The fourth-order valence-corrected chi connectivity index (χ4v) is 3.06. The van der Waals surface area contributed by atoms with Crippen molar-refractivity contribution in [1.82, 2.24) is 10.2 Å². The van der Waals surface area contributed by atoms with Crippen LogP contribution in [0.5, 0.6) is 0 Å². The summed E-state index contributed by atoms with van der Waals surface area (Å²) in [6.45, 7) is 3.90. The minimum atomic E-state index is -0.145. The fourth-order valence-electron chi connectivity index (χ4n) is 2.29. The summed E-state index contributed by atoms with van der Waals surface area (Å²) >= 11 is 1.41. The van der Waals surface area contributed by atoms with Crippen LogP contribution in [0.3, 0.4) is 0 Å². The first-order chi connectivity index (χ1) is 11.1. The Hall–Kier alpha value is -2.53. The second kappa shape index (κ2) is 6.71. The van der Waals surface area contributed by atoms with E-state index < -0.39 is 0 Å². The van der Waals surface area contributed by atoms with Crippen LogP contribution in [-0.4, -0.2) is 16.1 Å². The van der Waals surface area contributed by atoms with Crippen LogP contribution in [0.4, 0.5) is 5.13 Å². The SMILES string of the molecule is Cc1ccc(C)c(C(=O)Nc2nnc(Cc3ccccc3)s2)c1. The van der Waals surface area contributed by atoms with Crippen molar-refractivity contribution < 1.29 is 4.79 Å². The van der Waals surface area contributed by atoms with Gasteiger partial charge >= 0.3 is 0 Å². The monoisotopic (exact) mass is 323 g/mol. The number of hydrogen-bond donors (Lipinski definition) is 1. The van der Waals surface area contributed by atoms with Crippen molar-refractivity contribution in [3.8, 4) is 0 Å². The van der Waals surface area contributed by atoms with E-state index in [1.807, 2.05) is 50.2 Å². The topological polar surface area (TPSA) is 54.9 Å². The maximum absolute atomic E-state index is 12.4. The number of nitrogens with zero attached hydrogens (tertiary/aromatic N) is 2. The number of hydrogen-bond acceptors (Lipinski definition) is 4. The van der Waals surface area contributed by atoms with Gasteiger partial charge in [0.1, 0.15) is 5.01 Å². The zero-order valence-corrected chi connectivity index (χ0v) is 13.9. The third-order valence-corrected chi connectivity index (χ3v) is 4.36. The first-order valence-corrected chi connectivity index (χ1v) is 8.18. The van der Waals surface area contributed by atoms with Crippen LogP contribution in [0.25, 0.3) is 0 Å². The van der Waals surface area contributed by atoms with Crippen molar-refractivity contribution >= 4 is 22.4 Å². The number of carbonyl (C=O) groups excluding carboxylic acids is 1. The Morgan fingerprint density at radius 1 is 1.09 bits per heavy atom. The number of rotatable bonds is 4. The number of anilines is 1. The molecule has 1 amide bonds. The Morgan fingerprint density at radius 2 is 1.87 bits per heavy atom. The number of benzene rings is 2. The van der Waals surface area contributed by atoms with Gasteiger partial charge in [-0.3, -0.25) is 10.1 Å². The smallest absolute Gasteiger partial charge is 0.257 e. The predicted octanol–water partition coefficient (Wildman–Crippen LogP) is 4.00. The summed E-state index contributed by atoms with van der Waals surface area (Å²) in [5.74, 6) is -0.145. The van der Waals surface area contributed by atoms with Gasteiger partial charge in [0.15, 0.2) is 0 Å². The molecule has 0 aliphatic carbocycles. The number of aryl methyl sites for hydroxylation is 2. The predicted molar refractivity (Wildman–Crippen MR) is 93.0 cm³/mol. The Balaban J connectivity index is 1.71. The molecule has 0 aliphatic rings. The molecule has 0 saturated carbocycles. The average Bonchev–Trinajstić information content (AvgIpc) is 2.97. The lowest BCUT2D eigenvalue weighted by Gasteiger charge is -2.05. The van der Waals surface area contributed by atoms with E-state index in [9.17, 15) is 4.79 Å². The van der Waals surface area contributed by atoms with E-state index in [0.717, 1.165) is 22.6 Å². The zero-order valence-electron chi connectivity index (χ0n) is 13.0. The van der Waals surface area contributed by atoms with E-state index in [0.29, 0.717) is 10.7 Å². The first kappa shape index (κ1) is 15.4. The summed E-state index contributed by atoms with van der Waals surface area (Å²) in [5, 5.41) is 12.5. The van der Waals surface area contributed by atoms with Gasteiger partial charge in [0.25, 0.3) is 5.91 Å².